The molecule has 39 heavy (non-hydrogen) atoms. The summed E-state index contributed by atoms with van der Waals surface area (Å²) in [5.74, 6) is -2.74. The second-order valence-electron chi connectivity index (χ2n) is 7.97. The van der Waals surface area contributed by atoms with Crippen LogP contribution < -0.4 is 35.3 Å². The summed E-state index contributed by atoms with van der Waals surface area (Å²) < 4.78 is 76.1. The SMILES string of the molecule is COc1cc(COc2cc(-n3c(=O)cc(C(F)(F)F)n(C)c3=O)c(F)cc2Cl)cc(OC)c1OC(C)C(=O)[O-]. The lowest BCUT2D eigenvalue weighted by atomic mass is 10.2. The van der Waals surface area contributed by atoms with Crippen LogP contribution in [0.1, 0.15) is 18.2 Å². The summed E-state index contributed by atoms with van der Waals surface area (Å²) in [6, 6.07) is 4.64. The van der Waals surface area contributed by atoms with Crippen LogP contribution >= 0.6 is 11.6 Å². The van der Waals surface area contributed by atoms with Crippen molar-refractivity contribution in [1.82, 2.24) is 9.13 Å². The third kappa shape index (κ3) is 6.11. The van der Waals surface area contributed by atoms with E-state index in [9.17, 15) is 37.1 Å². The van der Waals surface area contributed by atoms with E-state index in [2.05, 4.69) is 0 Å². The van der Waals surface area contributed by atoms with E-state index >= 15 is 0 Å². The van der Waals surface area contributed by atoms with Crippen LogP contribution in [-0.4, -0.2) is 35.4 Å². The quantitative estimate of drug-likeness (QED) is 0.357. The number of carbonyl (C=O) groups is 1. The molecule has 1 unspecified atom stereocenters. The first kappa shape index (κ1) is 29.4. The Morgan fingerprint density at radius 1 is 1.05 bits per heavy atom. The molecule has 1 atom stereocenters. The van der Waals surface area contributed by atoms with Gasteiger partial charge in [-0.2, -0.15) is 13.2 Å². The van der Waals surface area contributed by atoms with Gasteiger partial charge < -0.3 is 28.8 Å². The number of benzene rings is 2. The Hall–Kier alpha value is -4.20. The summed E-state index contributed by atoms with van der Waals surface area (Å²) in [6.07, 6.45) is -6.34. The van der Waals surface area contributed by atoms with Gasteiger partial charge in [-0.25, -0.2) is 13.8 Å². The molecule has 0 spiro atoms. The van der Waals surface area contributed by atoms with Crippen molar-refractivity contribution in [3.8, 4) is 28.7 Å². The number of methoxy groups -OCH3 is 2. The molecule has 0 aliphatic carbocycles. The smallest absolute Gasteiger partial charge is 0.431 e. The fraction of sp³-hybridized carbons (Fsp3) is 0.292. The van der Waals surface area contributed by atoms with Crippen LogP contribution in [0.5, 0.6) is 23.0 Å². The summed E-state index contributed by atoms with van der Waals surface area (Å²) >= 11 is 6.06. The van der Waals surface area contributed by atoms with E-state index < -0.39 is 46.7 Å². The fourth-order valence-corrected chi connectivity index (χ4v) is 3.64. The first-order valence-corrected chi connectivity index (χ1v) is 11.2. The second kappa shape index (κ2) is 11.3. The molecule has 3 aromatic rings. The van der Waals surface area contributed by atoms with Crippen LogP contribution in [0.2, 0.25) is 5.02 Å². The maximum Gasteiger partial charge on any atom is 0.431 e. The molecule has 0 aliphatic rings. The molecule has 2 aromatic carbocycles. The molecular weight excluding hydrogens is 556 g/mol. The number of ether oxygens (including phenoxy) is 4. The number of hydrogen-bond donors (Lipinski definition) is 0. The topological polar surface area (TPSA) is 121 Å². The summed E-state index contributed by atoms with van der Waals surface area (Å²) in [7, 11) is 3.37. The third-order valence-corrected chi connectivity index (χ3v) is 5.69. The zero-order valence-corrected chi connectivity index (χ0v) is 21.5. The molecule has 0 aliphatic heterocycles. The predicted molar refractivity (Wildman–Crippen MR) is 126 cm³/mol. The number of alkyl halides is 3. The summed E-state index contributed by atoms with van der Waals surface area (Å²) in [6.45, 7) is 0.975. The van der Waals surface area contributed by atoms with Crippen LogP contribution in [0.15, 0.2) is 39.9 Å². The van der Waals surface area contributed by atoms with Gasteiger partial charge in [0.15, 0.2) is 11.5 Å². The summed E-state index contributed by atoms with van der Waals surface area (Å²) in [5.41, 5.74) is -4.69. The van der Waals surface area contributed by atoms with E-state index in [1.54, 1.807) is 0 Å². The van der Waals surface area contributed by atoms with E-state index in [0.29, 0.717) is 5.56 Å². The van der Waals surface area contributed by atoms with Crippen molar-refractivity contribution in [3.63, 3.8) is 0 Å². The molecule has 1 heterocycles. The Balaban J connectivity index is 2.01. The number of hydrogen-bond acceptors (Lipinski definition) is 8. The van der Waals surface area contributed by atoms with Crippen molar-refractivity contribution in [2.24, 2.45) is 7.05 Å². The maximum absolute atomic E-state index is 14.7. The lowest BCUT2D eigenvalue weighted by Crippen LogP contribution is -2.41. The molecular formula is C24H20ClF4N2O8-. The van der Waals surface area contributed by atoms with Gasteiger partial charge in [0.1, 0.15) is 30.0 Å². The van der Waals surface area contributed by atoms with Gasteiger partial charge in [-0.1, -0.05) is 11.6 Å². The second-order valence-corrected chi connectivity index (χ2v) is 8.38. The fourth-order valence-electron chi connectivity index (χ4n) is 3.44. The molecule has 15 heteroatoms. The maximum atomic E-state index is 14.7. The lowest BCUT2D eigenvalue weighted by molar-refractivity contribution is -0.312. The molecule has 0 saturated carbocycles. The minimum Gasteiger partial charge on any atom is -0.546 e. The molecule has 0 radical (unpaired) electrons. The molecule has 0 amide bonds. The van der Waals surface area contributed by atoms with Gasteiger partial charge in [-0.3, -0.25) is 9.36 Å². The van der Waals surface area contributed by atoms with Gasteiger partial charge in [-0.15, -0.1) is 0 Å². The van der Waals surface area contributed by atoms with Crippen LogP contribution in [0, 0.1) is 5.82 Å². The predicted octanol–water partition coefficient (Wildman–Crippen LogP) is 2.46. The van der Waals surface area contributed by atoms with Gasteiger partial charge in [0, 0.05) is 19.2 Å². The Kier molecular flexibility index (Phi) is 8.48. The summed E-state index contributed by atoms with van der Waals surface area (Å²) in [4.78, 5) is 36.1. The molecule has 3 rings (SSSR count). The summed E-state index contributed by atoms with van der Waals surface area (Å²) in [5, 5.41) is 10.8. The molecule has 1 aromatic heterocycles. The van der Waals surface area contributed by atoms with E-state index in [1.807, 2.05) is 0 Å². The largest absolute Gasteiger partial charge is 0.546 e. The van der Waals surface area contributed by atoms with E-state index in [0.717, 1.165) is 19.2 Å². The number of aliphatic carboxylic acids is 1. The van der Waals surface area contributed by atoms with Gasteiger partial charge in [0.2, 0.25) is 5.75 Å². The van der Waals surface area contributed by atoms with Crippen molar-refractivity contribution in [2.45, 2.75) is 25.8 Å². The molecule has 0 N–H and O–H groups in total. The van der Waals surface area contributed by atoms with E-state index in [1.165, 1.54) is 33.3 Å². The van der Waals surface area contributed by atoms with Gasteiger partial charge in [-0.05, 0) is 30.7 Å². The van der Waals surface area contributed by atoms with E-state index in [4.69, 9.17) is 30.5 Å². The zero-order valence-electron chi connectivity index (χ0n) is 20.7. The number of carboxylic acids is 1. The lowest BCUT2D eigenvalue weighted by Gasteiger charge is -2.20. The minimum absolute atomic E-state index is 0.0277. The van der Waals surface area contributed by atoms with Crippen LogP contribution in [0.3, 0.4) is 0 Å². The van der Waals surface area contributed by atoms with Crippen LogP contribution in [0.25, 0.3) is 5.69 Å². The molecule has 0 fully saturated rings. The molecule has 10 nitrogen and oxygen atoms in total. The van der Waals surface area contributed by atoms with Crippen molar-refractivity contribution < 1.29 is 46.4 Å². The number of carbonyl (C=O) groups excluding carboxylic acids is 1. The highest BCUT2D eigenvalue weighted by Crippen LogP contribution is 2.40. The van der Waals surface area contributed by atoms with Gasteiger partial charge in [0.05, 0.1) is 30.9 Å². The highest BCUT2D eigenvalue weighted by Gasteiger charge is 2.35. The van der Waals surface area contributed by atoms with Crippen molar-refractivity contribution >= 4 is 17.6 Å². The normalized spacial score (nSPS) is 12.1. The average Bonchev–Trinajstić information content (AvgIpc) is 2.86. The number of nitrogens with zero attached hydrogens (tertiary/aromatic N) is 2. The minimum atomic E-state index is -5.00. The zero-order chi connectivity index (χ0) is 29.2. The molecule has 0 bridgehead atoms. The van der Waals surface area contributed by atoms with Crippen LogP contribution in [0.4, 0.5) is 17.6 Å². The average molecular weight is 576 g/mol. The number of halogens is 5. The van der Waals surface area contributed by atoms with Crippen molar-refractivity contribution in [3.05, 3.63) is 73.3 Å². The van der Waals surface area contributed by atoms with Crippen molar-refractivity contribution in [1.29, 1.82) is 0 Å². The van der Waals surface area contributed by atoms with Gasteiger partial charge >= 0.3 is 11.9 Å². The monoisotopic (exact) mass is 575 g/mol. The highest BCUT2D eigenvalue weighted by molar-refractivity contribution is 6.32. The van der Waals surface area contributed by atoms with Crippen molar-refractivity contribution in [2.75, 3.05) is 14.2 Å². The number of carboxylic acid groups (broad SMARTS) is 1. The standard InChI is InChI=1S/C24H21ClF4N2O8/c1-11(22(33)34)39-21-17(36-3)5-12(6-18(21)37-4)10-38-16-8-15(14(26)7-13(16)25)31-20(32)9-19(24(27,28)29)30(2)23(31)35/h5-9,11H,10H2,1-4H3,(H,33,34)/p-1. The van der Waals surface area contributed by atoms with E-state index in [-0.39, 0.29) is 49.8 Å². The number of rotatable bonds is 9. The number of aromatic nitrogens is 2. The first-order valence-electron chi connectivity index (χ1n) is 10.8. The Bertz CT molecular complexity index is 1510. The van der Waals surface area contributed by atoms with Gasteiger partial charge in [0.25, 0.3) is 5.56 Å². The Labute approximate surface area is 222 Å². The Morgan fingerprint density at radius 2 is 1.64 bits per heavy atom. The highest BCUT2D eigenvalue weighted by atomic mass is 35.5. The first-order chi connectivity index (χ1) is 18.2. The van der Waals surface area contributed by atoms with Crippen LogP contribution in [-0.2, 0) is 24.6 Å². The molecule has 210 valence electrons. The third-order valence-electron chi connectivity index (χ3n) is 5.39. The molecule has 0 saturated heterocycles. The Morgan fingerprint density at radius 3 is 2.15 bits per heavy atom.